The number of fused-ring (bicyclic) bond motifs is 1. The van der Waals surface area contributed by atoms with Crippen LogP contribution in [-0.2, 0) is 9.53 Å². The molecular weight excluding hydrogens is 396 g/mol. The summed E-state index contributed by atoms with van der Waals surface area (Å²) in [6.45, 7) is 3.60. The molecule has 0 aliphatic heterocycles. The molecule has 160 valence electrons. The first-order valence-electron chi connectivity index (χ1n) is 9.68. The molecule has 4 N–H and O–H groups in total. The summed E-state index contributed by atoms with van der Waals surface area (Å²) in [5, 5.41) is 23.1. The Labute approximate surface area is 179 Å². The minimum absolute atomic E-state index is 0.111. The summed E-state index contributed by atoms with van der Waals surface area (Å²) in [6, 6.07) is 19.4. The highest BCUT2D eigenvalue weighted by Crippen LogP contribution is 2.42. The number of carbonyl (C=O) groups is 2. The molecule has 1 atom stereocenters. The van der Waals surface area contributed by atoms with E-state index in [-0.39, 0.29) is 5.75 Å². The maximum absolute atomic E-state index is 12.7. The molecule has 0 saturated carbocycles. The molecule has 2 amide bonds. The van der Waals surface area contributed by atoms with Crippen LogP contribution in [0, 0.1) is 5.41 Å². The van der Waals surface area contributed by atoms with Gasteiger partial charge in [0.25, 0.3) is 5.91 Å². The molecule has 0 spiro atoms. The van der Waals surface area contributed by atoms with Gasteiger partial charge in [-0.2, -0.15) is 0 Å². The SMILES string of the molecule is CC(C)(/C=C/C(=O)NO)[C@H](OC(=O)Nc1ccccc1)c1ccc(O)c2ccccc12. The van der Waals surface area contributed by atoms with E-state index in [1.54, 1.807) is 73.9 Å². The Hall–Kier alpha value is -3.84. The normalized spacial score (nSPS) is 12.5. The number of para-hydroxylation sites is 1. The first kappa shape index (κ1) is 21.9. The molecule has 0 aliphatic rings. The minimum Gasteiger partial charge on any atom is -0.507 e. The highest BCUT2D eigenvalue weighted by Gasteiger charge is 2.34. The van der Waals surface area contributed by atoms with Gasteiger partial charge in [-0.1, -0.05) is 68.5 Å². The number of benzene rings is 3. The number of rotatable bonds is 6. The van der Waals surface area contributed by atoms with Crippen molar-refractivity contribution in [3.63, 3.8) is 0 Å². The molecule has 0 bridgehead atoms. The second kappa shape index (κ2) is 9.32. The summed E-state index contributed by atoms with van der Waals surface area (Å²) in [5.74, 6) is -0.587. The van der Waals surface area contributed by atoms with E-state index < -0.39 is 23.5 Å². The zero-order valence-corrected chi connectivity index (χ0v) is 17.2. The van der Waals surface area contributed by atoms with Crippen molar-refractivity contribution in [2.75, 3.05) is 5.32 Å². The lowest BCUT2D eigenvalue weighted by molar-refractivity contribution is -0.124. The highest BCUT2D eigenvalue weighted by molar-refractivity contribution is 5.92. The Morgan fingerprint density at radius 2 is 1.61 bits per heavy atom. The van der Waals surface area contributed by atoms with E-state index in [0.717, 1.165) is 0 Å². The number of phenolic OH excluding ortho intramolecular Hbond substituents is 1. The topological polar surface area (TPSA) is 108 Å². The van der Waals surface area contributed by atoms with Crippen LogP contribution in [0.25, 0.3) is 10.8 Å². The maximum atomic E-state index is 12.7. The molecular formula is C24H24N2O5. The Morgan fingerprint density at radius 1 is 0.968 bits per heavy atom. The number of nitrogens with one attached hydrogen (secondary N) is 2. The van der Waals surface area contributed by atoms with Crippen LogP contribution in [0.5, 0.6) is 5.75 Å². The quantitative estimate of drug-likeness (QED) is 0.257. The number of phenols is 1. The van der Waals surface area contributed by atoms with Gasteiger partial charge in [0.15, 0.2) is 0 Å². The molecule has 31 heavy (non-hydrogen) atoms. The molecule has 3 rings (SSSR count). The summed E-state index contributed by atoms with van der Waals surface area (Å²) < 4.78 is 5.84. The van der Waals surface area contributed by atoms with Gasteiger partial charge in [-0.15, -0.1) is 0 Å². The molecule has 0 saturated heterocycles. The number of carbonyl (C=O) groups excluding carboxylic acids is 2. The summed E-state index contributed by atoms with van der Waals surface area (Å²) in [4.78, 5) is 24.3. The molecule has 0 radical (unpaired) electrons. The van der Waals surface area contributed by atoms with Crippen molar-refractivity contribution in [3.8, 4) is 5.75 Å². The van der Waals surface area contributed by atoms with E-state index in [9.17, 15) is 14.7 Å². The van der Waals surface area contributed by atoms with Crippen LogP contribution >= 0.6 is 0 Å². The van der Waals surface area contributed by atoms with Crippen molar-refractivity contribution in [1.29, 1.82) is 0 Å². The maximum Gasteiger partial charge on any atom is 0.412 e. The summed E-state index contributed by atoms with van der Waals surface area (Å²) in [5.41, 5.74) is 1.94. The molecule has 3 aromatic rings. The van der Waals surface area contributed by atoms with E-state index in [0.29, 0.717) is 22.0 Å². The first-order chi connectivity index (χ1) is 14.8. The smallest absolute Gasteiger partial charge is 0.412 e. The third kappa shape index (κ3) is 5.21. The number of hydroxylamine groups is 1. The van der Waals surface area contributed by atoms with Crippen molar-refractivity contribution < 1.29 is 24.6 Å². The van der Waals surface area contributed by atoms with Gasteiger partial charge in [-0.25, -0.2) is 10.3 Å². The average molecular weight is 420 g/mol. The zero-order chi connectivity index (χ0) is 22.4. The van der Waals surface area contributed by atoms with Gasteiger partial charge < -0.3 is 9.84 Å². The van der Waals surface area contributed by atoms with Gasteiger partial charge in [0.1, 0.15) is 11.9 Å². The van der Waals surface area contributed by atoms with E-state index >= 15 is 0 Å². The Balaban J connectivity index is 2.02. The molecule has 0 aromatic heterocycles. The van der Waals surface area contributed by atoms with Crippen molar-refractivity contribution in [1.82, 2.24) is 5.48 Å². The van der Waals surface area contributed by atoms with E-state index in [1.807, 2.05) is 18.2 Å². The summed E-state index contributed by atoms with van der Waals surface area (Å²) >= 11 is 0. The fourth-order valence-corrected chi connectivity index (χ4v) is 3.34. The van der Waals surface area contributed by atoms with E-state index in [4.69, 9.17) is 9.94 Å². The van der Waals surface area contributed by atoms with Crippen molar-refractivity contribution >= 4 is 28.5 Å². The Bertz CT molecular complexity index is 1110. The Morgan fingerprint density at radius 3 is 2.29 bits per heavy atom. The van der Waals surface area contributed by atoms with Crippen LogP contribution in [0.4, 0.5) is 10.5 Å². The lowest BCUT2D eigenvalue weighted by Crippen LogP contribution is -2.28. The van der Waals surface area contributed by atoms with Crippen molar-refractivity contribution in [2.24, 2.45) is 5.41 Å². The van der Waals surface area contributed by atoms with E-state index in [2.05, 4.69) is 5.32 Å². The number of hydrogen-bond acceptors (Lipinski definition) is 5. The number of hydrogen-bond donors (Lipinski definition) is 4. The molecule has 0 aliphatic carbocycles. The predicted octanol–water partition coefficient (Wildman–Crippen LogP) is 4.92. The molecule has 7 nitrogen and oxygen atoms in total. The second-order valence-corrected chi connectivity index (χ2v) is 7.63. The number of ether oxygens (including phenoxy) is 1. The van der Waals surface area contributed by atoms with Crippen LogP contribution in [-0.4, -0.2) is 22.3 Å². The molecule has 7 heteroatoms. The van der Waals surface area contributed by atoms with Gasteiger partial charge in [0, 0.05) is 28.1 Å². The lowest BCUT2D eigenvalue weighted by Gasteiger charge is -2.32. The minimum atomic E-state index is -0.847. The first-order valence-corrected chi connectivity index (χ1v) is 9.68. The molecule has 0 heterocycles. The van der Waals surface area contributed by atoms with Crippen LogP contribution < -0.4 is 10.8 Å². The third-order valence-corrected chi connectivity index (χ3v) is 4.91. The van der Waals surface area contributed by atoms with Gasteiger partial charge >= 0.3 is 6.09 Å². The van der Waals surface area contributed by atoms with Gasteiger partial charge in [0.2, 0.25) is 0 Å². The van der Waals surface area contributed by atoms with Crippen LogP contribution in [0.3, 0.4) is 0 Å². The third-order valence-electron chi connectivity index (χ3n) is 4.91. The summed E-state index contributed by atoms with van der Waals surface area (Å²) in [7, 11) is 0. The van der Waals surface area contributed by atoms with Crippen LogP contribution in [0.2, 0.25) is 0 Å². The van der Waals surface area contributed by atoms with Gasteiger partial charge in [-0.3, -0.25) is 15.3 Å². The highest BCUT2D eigenvalue weighted by atomic mass is 16.6. The standard InChI is InChI=1S/C24H24N2O5/c1-24(2,15-14-21(28)26-30)22(31-23(29)25-16-8-4-3-5-9-16)19-12-13-20(27)18-11-7-6-10-17(18)19/h3-15,22,27,30H,1-2H3,(H,25,29)(H,26,28)/b15-14+/t22-/m1/s1. The van der Waals surface area contributed by atoms with Gasteiger partial charge in [0.05, 0.1) is 0 Å². The van der Waals surface area contributed by atoms with Gasteiger partial charge in [-0.05, 0) is 23.6 Å². The fraction of sp³-hybridized carbons (Fsp3) is 0.167. The zero-order valence-electron chi connectivity index (χ0n) is 17.2. The Kier molecular flexibility index (Phi) is 6.57. The lowest BCUT2D eigenvalue weighted by atomic mass is 9.80. The van der Waals surface area contributed by atoms with E-state index in [1.165, 1.54) is 6.08 Å². The van der Waals surface area contributed by atoms with Crippen molar-refractivity contribution in [3.05, 3.63) is 84.4 Å². The van der Waals surface area contributed by atoms with Crippen LogP contribution in [0.15, 0.2) is 78.9 Å². The number of aromatic hydroxyl groups is 1. The van der Waals surface area contributed by atoms with Crippen LogP contribution in [0.1, 0.15) is 25.5 Å². The molecule has 0 fully saturated rings. The monoisotopic (exact) mass is 420 g/mol. The predicted molar refractivity (Wildman–Crippen MR) is 118 cm³/mol. The second-order valence-electron chi connectivity index (χ2n) is 7.63. The average Bonchev–Trinajstić information content (AvgIpc) is 2.77. The summed E-state index contributed by atoms with van der Waals surface area (Å²) in [6.07, 6.45) is 1.25. The van der Waals surface area contributed by atoms with Crippen molar-refractivity contribution in [2.45, 2.75) is 20.0 Å². The molecule has 3 aromatic carbocycles. The molecule has 0 unspecified atom stereocenters. The largest absolute Gasteiger partial charge is 0.507 e. The number of anilines is 1. The number of amides is 2. The fourth-order valence-electron chi connectivity index (χ4n) is 3.34.